The summed E-state index contributed by atoms with van der Waals surface area (Å²) in [4.78, 5) is 15.6. The molecule has 0 radical (unpaired) electrons. The normalized spacial score (nSPS) is 18.8. The van der Waals surface area contributed by atoms with E-state index in [0.717, 1.165) is 28.7 Å². The summed E-state index contributed by atoms with van der Waals surface area (Å²) in [6.07, 6.45) is 0. The molecule has 1 aliphatic heterocycles. The quantitative estimate of drug-likeness (QED) is 0.706. The van der Waals surface area contributed by atoms with Crippen LogP contribution in [0.15, 0.2) is 24.3 Å². The van der Waals surface area contributed by atoms with E-state index in [9.17, 15) is 4.79 Å². The van der Waals surface area contributed by atoms with Crippen LogP contribution in [-0.2, 0) is 6.54 Å². The Morgan fingerprint density at radius 2 is 2.00 bits per heavy atom. The van der Waals surface area contributed by atoms with Crippen LogP contribution in [0, 0.1) is 0 Å². The smallest absolute Gasteiger partial charge is 0.184 e. The molecular weight excluding hydrogens is 200 g/mol. The number of aromatic nitrogens is 1. The number of hydrogen-bond acceptors (Lipinski definition) is 2. The molecule has 0 bridgehead atoms. The number of nitrogens with one attached hydrogen (secondary N) is 2. The number of rotatable bonds is 0. The third-order valence-electron chi connectivity index (χ3n) is 3.29. The molecule has 3 heteroatoms. The Kier molecular flexibility index (Phi) is 1.77. The molecule has 2 N–H and O–H groups in total. The minimum atomic E-state index is -0.460. The first-order valence-electron chi connectivity index (χ1n) is 5.49. The highest BCUT2D eigenvalue weighted by atomic mass is 16.1. The first-order chi connectivity index (χ1) is 7.59. The zero-order valence-corrected chi connectivity index (χ0v) is 9.42. The van der Waals surface area contributed by atoms with E-state index in [0.29, 0.717) is 0 Å². The molecule has 1 aromatic heterocycles. The lowest BCUT2D eigenvalue weighted by Gasteiger charge is -2.29. The molecule has 1 aromatic carbocycles. The van der Waals surface area contributed by atoms with Gasteiger partial charge in [0.15, 0.2) is 5.78 Å². The minimum absolute atomic E-state index is 0.172. The summed E-state index contributed by atoms with van der Waals surface area (Å²) >= 11 is 0. The van der Waals surface area contributed by atoms with Crippen molar-refractivity contribution in [2.75, 3.05) is 0 Å². The Labute approximate surface area is 93.9 Å². The van der Waals surface area contributed by atoms with Crippen LogP contribution in [0.2, 0.25) is 0 Å². The SMILES string of the molecule is CC1(C)NCc2[nH]c3ccccc3c2C1=O. The van der Waals surface area contributed by atoms with E-state index in [1.165, 1.54) is 0 Å². The molecule has 3 nitrogen and oxygen atoms in total. The Bertz CT molecular complexity index is 581. The van der Waals surface area contributed by atoms with Gasteiger partial charge in [0, 0.05) is 28.7 Å². The van der Waals surface area contributed by atoms with Crippen LogP contribution in [0.5, 0.6) is 0 Å². The fraction of sp³-hybridized carbons (Fsp3) is 0.308. The summed E-state index contributed by atoms with van der Waals surface area (Å²) in [6, 6.07) is 7.96. The van der Waals surface area contributed by atoms with Crippen LogP contribution in [0.3, 0.4) is 0 Å². The minimum Gasteiger partial charge on any atom is -0.357 e. The van der Waals surface area contributed by atoms with Gasteiger partial charge in [0.05, 0.1) is 5.54 Å². The van der Waals surface area contributed by atoms with Gasteiger partial charge in [0.1, 0.15) is 0 Å². The maximum Gasteiger partial charge on any atom is 0.184 e. The molecule has 2 heterocycles. The third kappa shape index (κ3) is 1.15. The summed E-state index contributed by atoms with van der Waals surface area (Å²) in [5, 5.41) is 4.28. The number of hydrogen-bond donors (Lipinski definition) is 2. The van der Waals surface area contributed by atoms with Crippen molar-refractivity contribution in [1.29, 1.82) is 0 Å². The zero-order chi connectivity index (χ0) is 11.3. The van der Waals surface area contributed by atoms with Crippen LogP contribution in [0.1, 0.15) is 29.9 Å². The summed E-state index contributed by atoms with van der Waals surface area (Å²) in [5.41, 5.74) is 2.45. The van der Waals surface area contributed by atoms with E-state index in [1.54, 1.807) is 0 Å². The fourth-order valence-corrected chi connectivity index (χ4v) is 2.29. The van der Waals surface area contributed by atoms with Crippen molar-refractivity contribution >= 4 is 16.7 Å². The maximum absolute atomic E-state index is 12.3. The molecule has 0 unspecified atom stereocenters. The topological polar surface area (TPSA) is 44.9 Å². The number of carbonyl (C=O) groups is 1. The highest BCUT2D eigenvalue weighted by molar-refractivity contribution is 6.13. The van der Waals surface area contributed by atoms with E-state index in [-0.39, 0.29) is 5.78 Å². The number of para-hydroxylation sites is 1. The van der Waals surface area contributed by atoms with E-state index < -0.39 is 5.54 Å². The molecule has 0 spiro atoms. The average molecular weight is 214 g/mol. The predicted octanol–water partition coefficient (Wildman–Crippen LogP) is 2.23. The summed E-state index contributed by atoms with van der Waals surface area (Å²) in [6.45, 7) is 4.59. The Hall–Kier alpha value is -1.61. The van der Waals surface area contributed by atoms with Gasteiger partial charge in [0.25, 0.3) is 0 Å². The lowest BCUT2D eigenvalue weighted by molar-refractivity contribution is 0.0866. The van der Waals surface area contributed by atoms with Crippen molar-refractivity contribution in [3.05, 3.63) is 35.5 Å². The van der Waals surface area contributed by atoms with Crippen molar-refractivity contribution in [1.82, 2.24) is 10.3 Å². The van der Waals surface area contributed by atoms with Gasteiger partial charge in [-0.3, -0.25) is 10.1 Å². The highest BCUT2D eigenvalue weighted by Gasteiger charge is 2.35. The van der Waals surface area contributed by atoms with Crippen molar-refractivity contribution in [2.45, 2.75) is 25.9 Å². The molecule has 0 amide bonds. The number of Topliss-reactive ketones (excluding diaryl/α,β-unsaturated/α-hetero) is 1. The van der Waals surface area contributed by atoms with Gasteiger partial charge >= 0.3 is 0 Å². The average Bonchev–Trinajstić information content (AvgIpc) is 2.63. The number of carbonyl (C=O) groups excluding carboxylic acids is 1. The van der Waals surface area contributed by atoms with Crippen molar-refractivity contribution in [2.24, 2.45) is 0 Å². The highest BCUT2D eigenvalue weighted by Crippen LogP contribution is 2.29. The molecule has 1 aliphatic rings. The largest absolute Gasteiger partial charge is 0.357 e. The second kappa shape index (κ2) is 2.95. The number of benzene rings is 1. The second-order valence-electron chi connectivity index (χ2n) is 4.83. The van der Waals surface area contributed by atoms with Crippen molar-refractivity contribution in [3.63, 3.8) is 0 Å². The van der Waals surface area contributed by atoms with E-state index in [4.69, 9.17) is 0 Å². The van der Waals surface area contributed by atoms with Crippen LogP contribution in [-0.4, -0.2) is 16.3 Å². The van der Waals surface area contributed by atoms with Crippen LogP contribution in [0.4, 0.5) is 0 Å². The number of aromatic amines is 1. The standard InChI is InChI=1S/C13H14N2O/c1-13(2)12(16)11-8-5-3-4-6-9(8)15-10(11)7-14-13/h3-6,14-15H,7H2,1-2H3. The lowest BCUT2D eigenvalue weighted by Crippen LogP contribution is -2.49. The third-order valence-corrected chi connectivity index (χ3v) is 3.29. The van der Waals surface area contributed by atoms with Crippen LogP contribution >= 0.6 is 0 Å². The molecule has 2 aromatic rings. The first-order valence-corrected chi connectivity index (χ1v) is 5.49. The summed E-state index contributed by atoms with van der Waals surface area (Å²) < 4.78 is 0. The summed E-state index contributed by atoms with van der Waals surface area (Å²) in [7, 11) is 0. The zero-order valence-electron chi connectivity index (χ0n) is 9.42. The molecule has 0 aliphatic carbocycles. The Morgan fingerprint density at radius 1 is 1.25 bits per heavy atom. The molecule has 0 saturated heterocycles. The van der Waals surface area contributed by atoms with Gasteiger partial charge in [-0.25, -0.2) is 0 Å². The molecule has 82 valence electrons. The lowest BCUT2D eigenvalue weighted by atomic mass is 9.88. The van der Waals surface area contributed by atoms with E-state index >= 15 is 0 Å². The molecule has 3 rings (SSSR count). The molecule has 0 saturated carbocycles. The Balaban J connectivity index is 2.33. The number of ketones is 1. The van der Waals surface area contributed by atoms with Crippen molar-refractivity contribution in [3.8, 4) is 0 Å². The van der Waals surface area contributed by atoms with Gasteiger partial charge in [-0.2, -0.15) is 0 Å². The molecule has 16 heavy (non-hydrogen) atoms. The van der Waals surface area contributed by atoms with E-state index in [2.05, 4.69) is 10.3 Å². The fourth-order valence-electron chi connectivity index (χ4n) is 2.29. The van der Waals surface area contributed by atoms with Crippen LogP contribution in [0.25, 0.3) is 10.9 Å². The van der Waals surface area contributed by atoms with E-state index in [1.807, 2.05) is 38.1 Å². The van der Waals surface area contributed by atoms with Gasteiger partial charge in [0.2, 0.25) is 0 Å². The van der Waals surface area contributed by atoms with Gasteiger partial charge < -0.3 is 4.98 Å². The van der Waals surface area contributed by atoms with Crippen LogP contribution < -0.4 is 5.32 Å². The molecule has 0 fully saturated rings. The molecular formula is C13H14N2O. The first kappa shape index (κ1) is 9.60. The Morgan fingerprint density at radius 3 is 2.81 bits per heavy atom. The summed E-state index contributed by atoms with van der Waals surface area (Å²) in [5.74, 6) is 0.172. The maximum atomic E-state index is 12.3. The van der Waals surface area contributed by atoms with Gasteiger partial charge in [-0.1, -0.05) is 18.2 Å². The van der Waals surface area contributed by atoms with Gasteiger partial charge in [-0.15, -0.1) is 0 Å². The number of fused-ring (bicyclic) bond motifs is 3. The van der Waals surface area contributed by atoms with Crippen molar-refractivity contribution < 1.29 is 4.79 Å². The second-order valence-corrected chi connectivity index (χ2v) is 4.83. The predicted molar refractivity (Wildman–Crippen MR) is 63.5 cm³/mol. The van der Waals surface area contributed by atoms with Gasteiger partial charge in [-0.05, 0) is 19.9 Å². The monoisotopic (exact) mass is 214 g/mol. The number of H-pyrrole nitrogens is 1. The molecule has 0 atom stereocenters.